The summed E-state index contributed by atoms with van der Waals surface area (Å²) in [6.07, 6.45) is 18.7. The van der Waals surface area contributed by atoms with Crippen molar-refractivity contribution in [1.82, 2.24) is 5.43 Å². The van der Waals surface area contributed by atoms with E-state index in [0.29, 0.717) is 6.04 Å². The van der Waals surface area contributed by atoms with Crippen molar-refractivity contribution in [2.45, 2.75) is 90.0 Å². The summed E-state index contributed by atoms with van der Waals surface area (Å²) in [5.74, 6) is 6.79. The normalized spacial score (nSPS) is 12.8. The highest BCUT2D eigenvalue weighted by Gasteiger charge is 2.04. The van der Waals surface area contributed by atoms with Gasteiger partial charge in [0.25, 0.3) is 0 Å². The van der Waals surface area contributed by atoms with E-state index in [9.17, 15) is 0 Å². The van der Waals surface area contributed by atoms with Gasteiger partial charge in [-0.25, -0.2) is 0 Å². The number of thioether (sulfide) groups is 1. The molecule has 1 atom stereocenters. The molecule has 0 saturated heterocycles. The van der Waals surface area contributed by atoms with E-state index in [4.69, 9.17) is 5.84 Å². The largest absolute Gasteiger partial charge is 0.271 e. The van der Waals surface area contributed by atoms with Crippen molar-refractivity contribution in [1.29, 1.82) is 0 Å². The summed E-state index contributed by atoms with van der Waals surface area (Å²) in [5.41, 5.74) is 2.95. The molecule has 0 heterocycles. The van der Waals surface area contributed by atoms with Crippen LogP contribution in [0, 0.1) is 0 Å². The Morgan fingerprint density at radius 3 is 1.84 bits per heavy atom. The molecule has 0 aliphatic heterocycles. The number of rotatable bonds is 15. The van der Waals surface area contributed by atoms with Crippen LogP contribution in [0.25, 0.3) is 0 Å². The summed E-state index contributed by atoms with van der Waals surface area (Å²) in [6.45, 7) is 2.28. The number of unbranched alkanes of at least 4 members (excludes halogenated alkanes) is 9. The molecule has 3 N–H and O–H groups in total. The third-order valence-electron chi connectivity index (χ3n) is 3.81. The van der Waals surface area contributed by atoms with E-state index >= 15 is 0 Å². The molecular formula is C16H36N2S. The van der Waals surface area contributed by atoms with E-state index in [-0.39, 0.29) is 0 Å². The fraction of sp³-hybridized carbons (Fsp3) is 1.00. The fourth-order valence-corrected chi connectivity index (χ4v) is 2.97. The van der Waals surface area contributed by atoms with Gasteiger partial charge in [-0.3, -0.25) is 11.3 Å². The molecule has 0 radical (unpaired) electrons. The average Bonchev–Trinajstić information content (AvgIpc) is 2.44. The summed E-state index contributed by atoms with van der Waals surface area (Å²) in [5, 5.41) is 0. The second-order valence-electron chi connectivity index (χ2n) is 5.62. The van der Waals surface area contributed by atoms with Crippen LogP contribution in [-0.2, 0) is 0 Å². The molecule has 0 aromatic heterocycles. The van der Waals surface area contributed by atoms with Crippen LogP contribution in [0.4, 0.5) is 0 Å². The minimum atomic E-state index is 0.529. The molecule has 3 heteroatoms. The predicted molar refractivity (Wildman–Crippen MR) is 90.6 cm³/mol. The first kappa shape index (κ1) is 19.3. The van der Waals surface area contributed by atoms with E-state index in [1.54, 1.807) is 0 Å². The molecule has 1 unspecified atom stereocenters. The van der Waals surface area contributed by atoms with Gasteiger partial charge in [-0.05, 0) is 24.9 Å². The molecule has 0 amide bonds. The van der Waals surface area contributed by atoms with Crippen LogP contribution < -0.4 is 11.3 Å². The molecule has 0 fully saturated rings. The molecule has 0 aromatic rings. The van der Waals surface area contributed by atoms with Crippen LogP contribution in [0.15, 0.2) is 0 Å². The zero-order chi connectivity index (χ0) is 14.2. The first-order valence-corrected chi connectivity index (χ1v) is 9.69. The average molecular weight is 289 g/mol. The van der Waals surface area contributed by atoms with E-state index < -0.39 is 0 Å². The summed E-state index contributed by atoms with van der Waals surface area (Å²) >= 11 is 1.91. The predicted octanol–water partition coefficient (Wildman–Crippen LogP) is 4.88. The Bertz CT molecular complexity index is 165. The van der Waals surface area contributed by atoms with E-state index in [0.717, 1.165) is 0 Å². The van der Waals surface area contributed by atoms with E-state index in [1.165, 1.54) is 82.8 Å². The number of nitrogens with two attached hydrogens (primary N) is 1. The molecule has 0 aromatic carbocycles. The quantitative estimate of drug-likeness (QED) is 0.256. The molecule has 0 bridgehead atoms. The van der Waals surface area contributed by atoms with Gasteiger partial charge in [0, 0.05) is 6.04 Å². The molecule has 0 aliphatic rings. The first-order chi connectivity index (χ1) is 9.35. The van der Waals surface area contributed by atoms with Crippen LogP contribution in [0.1, 0.15) is 84.0 Å². The summed E-state index contributed by atoms with van der Waals surface area (Å²) in [4.78, 5) is 0. The molecule has 0 rings (SSSR count). The van der Waals surface area contributed by atoms with Crippen molar-refractivity contribution in [2.24, 2.45) is 5.84 Å². The Kier molecular flexibility index (Phi) is 16.6. The SMILES string of the molecule is CCCCCCCCCCCCC(CCSC)NN. The maximum atomic E-state index is 5.57. The van der Waals surface area contributed by atoms with Crippen LogP contribution in [-0.4, -0.2) is 18.1 Å². The van der Waals surface area contributed by atoms with Crippen molar-refractivity contribution >= 4 is 11.8 Å². The van der Waals surface area contributed by atoms with Crippen molar-refractivity contribution in [3.05, 3.63) is 0 Å². The molecule has 2 nitrogen and oxygen atoms in total. The highest BCUT2D eigenvalue weighted by molar-refractivity contribution is 7.98. The lowest BCUT2D eigenvalue weighted by Gasteiger charge is -2.14. The van der Waals surface area contributed by atoms with Crippen LogP contribution in [0.3, 0.4) is 0 Å². The minimum Gasteiger partial charge on any atom is -0.271 e. The highest BCUT2D eigenvalue weighted by atomic mass is 32.2. The lowest BCUT2D eigenvalue weighted by molar-refractivity contribution is 0.452. The van der Waals surface area contributed by atoms with Gasteiger partial charge in [0.15, 0.2) is 0 Å². The summed E-state index contributed by atoms with van der Waals surface area (Å²) < 4.78 is 0. The van der Waals surface area contributed by atoms with Crippen LogP contribution in [0.5, 0.6) is 0 Å². The van der Waals surface area contributed by atoms with Crippen molar-refractivity contribution in [2.75, 3.05) is 12.0 Å². The second kappa shape index (κ2) is 16.3. The Labute approximate surface area is 125 Å². The maximum Gasteiger partial charge on any atom is 0.0218 e. The number of nitrogens with one attached hydrogen (secondary N) is 1. The monoisotopic (exact) mass is 288 g/mol. The Morgan fingerprint density at radius 2 is 1.37 bits per heavy atom. The van der Waals surface area contributed by atoms with Crippen LogP contribution >= 0.6 is 11.8 Å². The van der Waals surface area contributed by atoms with Gasteiger partial charge in [-0.2, -0.15) is 11.8 Å². The smallest absolute Gasteiger partial charge is 0.0218 e. The lowest BCUT2D eigenvalue weighted by atomic mass is 10.0. The Balaban J connectivity index is 3.16. The molecular weight excluding hydrogens is 252 g/mol. The van der Waals surface area contributed by atoms with Gasteiger partial charge in [0.1, 0.15) is 0 Å². The van der Waals surface area contributed by atoms with Gasteiger partial charge >= 0.3 is 0 Å². The second-order valence-corrected chi connectivity index (χ2v) is 6.60. The lowest BCUT2D eigenvalue weighted by Crippen LogP contribution is -2.35. The minimum absolute atomic E-state index is 0.529. The first-order valence-electron chi connectivity index (χ1n) is 8.30. The van der Waals surface area contributed by atoms with Gasteiger partial charge in [0.05, 0.1) is 0 Å². The van der Waals surface area contributed by atoms with Gasteiger partial charge in [-0.15, -0.1) is 0 Å². The molecule has 19 heavy (non-hydrogen) atoms. The molecule has 0 spiro atoms. The maximum absolute atomic E-state index is 5.57. The zero-order valence-corrected chi connectivity index (χ0v) is 14.1. The topological polar surface area (TPSA) is 38.0 Å². The van der Waals surface area contributed by atoms with Crippen molar-refractivity contribution < 1.29 is 0 Å². The van der Waals surface area contributed by atoms with Gasteiger partial charge < -0.3 is 0 Å². The number of hydrogen-bond donors (Lipinski definition) is 2. The summed E-state index contributed by atoms with van der Waals surface area (Å²) in [6, 6.07) is 0.529. The Morgan fingerprint density at radius 1 is 0.842 bits per heavy atom. The standard InChI is InChI=1S/C16H36N2S/c1-3-4-5-6-7-8-9-10-11-12-13-16(18-17)14-15-19-2/h16,18H,3-15,17H2,1-2H3. The number of hydrazine groups is 1. The third-order valence-corrected chi connectivity index (χ3v) is 4.46. The fourth-order valence-electron chi connectivity index (χ4n) is 2.45. The molecule has 0 saturated carbocycles. The molecule has 116 valence electrons. The van der Waals surface area contributed by atoms with Crippen LogP contribution in [0.2, 0.25) is 0 Å². The Hall–Kier alpha value is 0.270. The van der Waals surface area contributed by atoms with E-state index in [1.807, 2.05) is 11.8 Å². The third kappa shape index (κ3) is 14.5. The number of hydrogen-bond acceptors (Lipinski definition) is 3. The van der Waals surface area contributed by atoms with Gasteiger partial charge in [-0.1, -0.05) is 71.1 Å². The highest BCUT2D eigenvalue weighted by Crippen LogP contribution is 2.13. The van der Waals surface area contributed by atoms with Gasteiger partial charge in [0.2, 0.25) is 0 Å². The van der Waals surface area contributed by atoms with E-state index in [2.05, 4.69) is 18.6 Å². The summed E-state index contributed by atoms with van der Waals surface area (Å²) in [7, 11) is 0. The van der Waals surface area contributed by atoms with Crippen molar-refractivity contribution in [3.63, 3.8) is 0 Å². The van der Waals surface area contributed by atoms with Crippen molar-refractivity contribution in [3.8, 4) is 0 Å². The zero-order valence-electron chi connectivity index (χ0n) is 13.3. The molecule has 0 aliphatic carbocycles.